The number of amides is 1. The highest BCUT2D eigenvalue weighted by atomic mass is 79.9. The summed E-state index contributed by atoms with van der Waals surface area (Å²) in [4.78, 5) is 12.9. The lowest BCUT2D eigenvalue weighted by atomic mass is 10.1. The first-order valence-electron chi connectivity index (χ1n) is 5.85. The highest BCUT2D eigenvalue weighted by molar-refractivity contribution is 9.10. The quantitative estimate of drug-likeness (QED) is 0.803. The number of halogens is 1. The van der Waals surface area contributed by atoms with Gasteiger partial charge in [-0.1, -0.05) is 12.1 Å². The Morgan fingerprint density at radius 2 is 2.16 bits per heavy atom. The van der Waals surface area contributed by atoms with Crippen LogP contribution < -0.4 is 5.32 Å². The number of rotatable bonds is 3. The van der Waals surface area contributed by atoms with Gasteiger partial charge in [-0.2, -0.15) is 0 Å². The van der Waals surface area contributed by atoms with Crippen molar-refractivity contribution in [2.75, 3.05) is 5.32 Å². The Hall–Kier alpha value is -1.39. The van der Waals surface area contributed by atoms with Gasteiger partial charge < -0.3 is 5.32 Å². The Kier molecular flexibility index (Phi) is 4.56. The van der Waals surface area contributed by atoms with Crippen LogP contribution in [-0.4, -0.2) is 5.91 Å². The van der Waals surface area contributed by atoms with E-state index in [0.717, 1.165) is 26.2 Å². The topological polar surface area (TPSA) is 29.1 Å². The van der Waals surface area contributed by atoms with Crippen LogP contribution >= 0.6 is 27.3 Å². The number of carbonyl (C=O) groups is 1. The lowest BCUT2D eigenvalue weighted by molar-refractivity contribution is -0.111. The number of thiophene rings is 1. The van der Waals surface area contributed by atoms with Crippen molar-refractivity contribution in [1.29, 1.82) is 0 Å². The van der Waals surface area contributed by atoms with E-state index in [1.807, 2.05) is 49.6 Å². The average molecular weight is 336 g/mol. The molecule has 1 aromatic carbocycles. The van der Waals surface area contributed by atoms with Gasteiger partial charge in [0.25, 0.3) is 0 Å². The van der Waals surface area contributed by atoms with Crippen LogP contribution in [0.15, 0.2) is 40.2 Å². The molecule has 0 fully saturated rings. The van der Waals surface area contributed by atoms with Crippen molar-refractivity contribution in [2.24, 2.45) is 0 Å². The molecular weight excluding hydrogens is 322 g/mol. The lowest BCUT2D eigenvalue weighted by Crippen LogP contribution is -2.09. The standard InChI is InChI=1S/C15H14BrNOS/c1-10-8-11(2)15(13(16)9-10)17-14(18)6-5-12-4-3-7-19-12/h3-9H,1-2H3,(H,17,18)/b6-5+. The fourth-order valence-electron chi connectivity index (χ4n) is 1.78. The SMILES string of the molecule is Cc1cc(C)c(NC(=O)/C=C/c2cccs2)c(Br)c1. The minimum absolute atomic E-state index is 0.124. The summed E-state index contributed by atoms with van der Waals surface area (Å²) in [7, 11) is 0. The Labute approximate surface area is 125 Å². The van der Waals surface area contributed by atoms with Gasteiger partial charge in [0.1, 0.15) is 0 Å². The maximum Gasteiger partial charge on any atom is 0.248 e. The maximum atomic E-state index is 11.9. The van der Waals surface area contributed by atoms with E-state index in [2.05, 4.69) is 21.2 Å². The van der Waals surface area contributed by atoms with Gasteiger partial charge in [-0.05, 0) is 64.5 Å². The summed E-state index contributed by atoms with van der Waals surface area (Å²) >= 11 is 5.08. The van der Waals surface area contributed by atoms with E-state index < -0.39 is 0 Å². The van der Waals surface area contributed by atoms with Crippen molar-refractivity contribution in [3.8, 4) is 0 Å². The summed E-state index contributed by atoms with van der Waals surface area (Å²) in [6, 6.07) is 7.97. The largest absolute Gasteiger partial charge is 0.321 e. The van der Waals surface area contributed by atoms with E-state index in [1.165, 1.54) is 0 Å². The number of hydrogen-bond donors (Lipinski definition) is 1. The van der Waals surface area contributed by atoms with Crippen LogP contribution in [0.2, 0.25) is 0 Å². The summed E-state index contributed by atoms with van der Waals surface area (Å²) < 4.78 is 0.905. The highest BCUT2D eigenvalue weighted by Gasteiger charge is 2.07. The molecule has 2 aromatic rings. The third kappa shape index (κ3) is 3.78. The molecular formula is C15H14BrNOS. The molecule has 2 rings (SSSR count). The van der Waals surface area contributed by atoms with Gasteiger partial charge in [0, 0.05) is 15.4 Å². The normalized spacial score (nSPS) is 10.9. The molecule has 0 aliphatic heterocycles. The predicted molar refractivity (Wildman–Crippen MR) is 85.6 cm³/mol. The lowest BCUT2D eigenvalue weighted by Gasteiger charge is -2.10. The second-order valence-electron chi connectivity index (χ2n) is 4.28. The molecule has 0 aliphatic rings. The van der Waals surface area contributed by atoms with Crippen molar-refractivity contribution in [2.45, 2.75) is 13.8 Å². The van der Waals surface area contributed by atoms with E-state index in [9.17, 15) is 4.79 Å². The Balaban J connectivity index is 2.11. The molecule has 98 valence electrons. The van der Waals surface area contributed by atoms with Crippen LogP contribution in [0.4, 0.5) is 5.69 Å². The Bertz CT molecular complexity index is 594. The summed E-state index contributed by atoms with van der Waals surface area (Å²) in [5, 5.41) is 4.88. The van der Waals surface area contributed by atoms with Gasteiger partial charge in [-0.3, -0.25) is 4.79 Å². The predicted octanol–water partition coefficient (Wildman–Crippen LogP) is 4.78. The second-order valence-corrected chi connectivity index (χ2v) is 6.11. The smallest absolute Gasteiger partial charge is 0.248 e. The first kappa shape index (κ1) is 14.0. The van der Waals surface area contributed by atoms with Crippen LogP contribution in [0.1, 0.15) is 16.0 Å². The monoisotopic (exact) mass is 335 g/mol. The molecule has 2 nitrogen and oxygen atoms in total. The van der Waals surface area contributed by atoms with E-state index in [1.54, 1.807) is 17.4 Å². The zero-order valence-electron chi connectivity index (χ0n) is 10.7. The second kappa shape index (κ2) is 6.17. The maximum absolute atomic E-state index is 11.9. The fourth-order valence-corrected chi connectivity index (χ4v) is 3.17. The van der Waals surface area contributed by atoms with E-state index in [4.69, 9.17) is 0 Å². The number of carbonyl (C=O) groups excluding carboxylic acids is 1. The van der Waals surface area contributed by atoms with Gasteiger partial charge in [-0.25, -0.2) is 0 Å². The summed E-state index contributed by atoms with van der Waals surface area (Å²) in [5.74, 6) is -0.124. The minimum Gasteiger partial charge on any atom is -0.321 e. The molecule has 0 radical (unpaired) electrons. The molecule has 0 atom stereocenters. The minimum atomic E-state index is -0.124. The van der Waals surface area contributed by atoms with Crippen molar-refractivity contribution in [1.82, 2.24) is 0 Å². The first-order valence-corrected chi connectivity index (χ1v) is 7.53. The molecule has 19 heavy (non-hydrogen) atoms. The number of anilines is 1. The summed E-state index contributed by atoms with van der Waals surface area (Å²) in [6.45, 7) is 4.01. The van der Waals surface area contributed by atoms with Crippen molar-refractivity contribution < 1.29 is 4.79 Å². The number of nitrogens with one attached hydrogen (secondary N) is 1. The average Bonchev–Trinajstić information content (AvgIpc) is 2.84. The molecule has 1 aromatic heterocycles. The van der Waals surface area contributed by atoms with Crippen LogP contribution in [0.25, 0.3) is 6.08 Å². The van der Waals surface area contributed by atoms with Gasteiger partial charge >= 0.3 is 0 Å². The van der Waals surface area contributed by atoms with Gasteiger partial charge in [0.2, 0.25) is 5.91 Å². The summed E-state index contributed by atoms with van der Waals surface area (Å²) in [6.07, 6.45) is 3.37. The summed E-state index contributed by atoms with van der Waals surface area (Å²) in [5.41, 5.74) is 3.03. The molecule has 1 N–H and O–H groups in total. The Morgan fingerprint density at radius 3 is 2.79 bits per heavy atom. The first-order chi connectivity index (χ1) is 9.06. The molecule has 0 unspecified atom stereocenters. The van der Waals surface area contributed by atoms with E-state index in [0.29, 0.717) is 0 Å². The molecule has 0 spiro atoms. The van der Waals surface area contributed by atoms with Crippen molar-refractivity contribution >= 4 is 44.9 Å². The molecule has 1 heterocycles. The zero-order chi connectivity index (χ0) is 13.8. The van der Waals surface area contributed by atoms with Crippen molar-refractivity contribution in [3.05, 3.63) is 56.2 Å². The van der Waals surface area contributed by atoms with Gasteiger partial charge in [0.05, 0.1) is 5.69 Å². The zero-order valence-corrected chi connectivity index (χ0v) is 13.1. The number of benzene rings is 1. The molecule has 1 amide bonds. The highest BCUT2D eigenvalue weighted by Crippen LogP contribution is 2.27. The molecule has 0 saturated carbocycles. The van der Waals surface area contributed by atoms with Gasteiger partial charge in [0.15, 0.2) is 0 Å². The van der Waals surface area contributed by atoms with E-state index in [-0.39, 0.29) is 5.91 Å². The number of hydrogen-bond acceptors (Lipinski definition) is 2. The van der Waals surface area contributed by atoms with Crippen LogP contribution in [-0.2, 0) is 4.79 Å². The third-order valence-electron chi connectivity index (χ3n) is 2.62. The molecule has 4 heteroatoms. The fraction of sp³-hybridized carbons (Fsp3) is 0.133. The van der Waals surface area contributed by atoms with E-state index >= 15 is 0 Å². The molecule has 0 aliphatic carbocycles. The third-order valence-corrected chi connectivity index (χ3v) is 4.09. The molecule has 0 bridgehead atoms. The van der Waals surface area contributed by atoms with Crippen molar-refractivity contribution in [3.63, 3.8) is 0 Å². The Morgan fingerprint density at radius 1 is 1.37 bits per heavy atom. The number of aryl methyl sites for hydroxylation is 2. The van der Waals surface area contributed by atoms with Crippen LogP contribution in [0.3, 0.4) is 0 Å². The van der Waals surface area contributed by atoms with Crippen LogP contribution in [0, 0.1) is 13.8 Å². The molecule has 0 saturated heterocycles. The van der Waals surface area contributed by atoms with Crippen LogP contribution in [0.5, 0.6) is 0 Å². The van der Waals surface area contributed by atoms with Gasteiger partial charge in [-0.15, -0.1) is 11.3 Å².